The summed E-state index contributed by atoms with van der Waals surface area (Å²) >= 11 is 1.33. The molecule has 1 aromatic heterocycles. The van der Waals surface area contributed by atoms with E-state index in [9.17, 15) is 19.2 Å². The van der Waals surface area contributed by atoms with Crippen LogP contribution < -0.4 is 5.32 Å². The highest BCUT2D eigenvalue weighted by Gasteiger charge is 2.35. The third-order valence-corrected chi connectivity index (χ3v) is 5.19. The molecule has 0 atom stereocenters. The van der Waals surface area contributed by atoms with Crippen molar-refractivity contribution in [2.45, 2.75) is 0 Å². The predicted molar refractivity (Wildman–Crippen MR) is 106 cm³/mol. The van der Waals surface area contributed by atoms with Gasteiger partial charge in [0.1, 0.15) is 0 Å². The first-order valence-corrected chi connectivity index (χ1v) is 9.50. The van der Waals surface area contributed by atoms with Crippen LogP contribution in [0.2, 0.25) is 0 Å². The third-order valence-electron chi connectivity index (χ3n) is 4.33. The van der Waals surface area contributed by atoms with Crippen molar-refractivity contribution in [2.75, 3.05) is 12.0 Å². The van der Waals surface area contributed by atoms with Crippen molar-refractivity contribution >= 4 is 40.7 Å². The normalized spacial score (nSPS) is 12.6. The van der Waals surface area contributed by atoms with Crippen LogP contribution in [0.1, 0.15) is 40.7 Å². The zero-order valence-electron chi connectivity index (χ0n) is 15.0. The van der Waals surface area contributed by atoms with Crippen LogP contribution in [0.4, 0.5) is 5.69 Å². The summed E-state index contributed by atoms with van der Waals surface area (Å²) in [5, 5.41) is 4.54. The monoisotopic (exact) mass is 406 g/mol. The van der Waals surface area contributed by atoms with Crippen LogP contribution in [0.3, 0.4) is 0 Å². The molecule has 1 N–H and O–H groups in total. The molecule has 2 aromatic carbocycles. The Balaban J connectivity index is 1.36. The van der Waals surface area contributed by atoms with Gasteiger partial charge >= 0.3 is 5.97 Å². The molecule has 0 bridgehead atoms. The molecule has 0 unspecified atom stereocenters. The van der Waals surface area contributed by atoms with Gasteiger partial charge in [0, 0.05) is 5.69 Å². The molecule has 3 aromatic rings. The number of benzene rings is 2. The van der Waals surface area contributed by atoms with E-state index in [1.54, 1.807) is 48.5 Å². The van der Waals surface area contributed by atoms with Crippen molar-refractivity contribution in [1.29, 1.82) is 0 Å². The number of amides is 3. The average Bonchev–Trinajstić information content (AvgIpc) is 3.36. The average molecular weight is 406 g/mol. The molecule has 3 amide bonds. The first kappa shape index (κ1) is 18.6. The number of nitrogens with zero attached hydrogens (tertiary/aromatic N) is 1. The van der Waals surface area contributed by atoms with Crippen LogP contribution >= 0.6 is 11.3 Å². The summed E-state index contributed by atoms with van der Waals surface area (Å²) in [6.07, 6.45) is 0. The molecule has 0 saturated heterocycles. The van der Waals surface area contributed by atoms with Gasteiger partial charge in [0.05, 0.1) is 21.6 Å². The standard InChI is InChI=1S/C21H14N2O5S/c24-18(17-6-3-11-29-17)22-14-9-7-13(8-10-14)21(27)28-12-23-19(25)15-4-1-2-5-16(15)20(23)26/h1-11H,12H2,(H,22,24). The molecule has 0 aliphatic carbocycles. The molecule has 144 valence electrons. The van der Waals surface area contributed by atoms with Gasteiger partial charge in [-0.2, -0.15) is 0 Å². The number of nitrogens with one attached hydrogen (secondary N) is 1. The van der Waals surface area contributed by atoms with Crippen molar-refractivity contribution in [1.82, 2.24) is 4.90 Å². The number of carbonyl (C=O) groups excluding carboxylic acids is 4. The maximum absolute atomic E-state index is 12.3. The maximum Gasteiger partial charge on any atom is 0.339 e. The van der Waals surface area contributed by atoms with Gasteiger partial charge in [0.15, 0.2) is 6.73 Å². The van der Waals surface area contributed by atoms with Crippen molar-refractivity contribution < 1.29 is 23.9 Å². The molecule has 1 aliphatic rings. The van der Waals surface area contributed by atoms with Gasteiger partial charge in [-0.3, -0.25) is 14.4 Å². The number of esters is 1. The quantitative estimate of drug-likeness (QED) is 0.518. The first-order valence-electron chi connectivity index (χ1n) is 8.62. The highest BCUT2D eigenvalue weighted by atomic mass is 32.1. The largest absolute Gasteiger partial charge is 0.440 e. The number of imide groups is 1. The van der Waals surface area contributed by atoms with E-state index >= 15 is 0 Å². The molecule has 0 saturated carbocycles. The second kappa shape index (κ2) is 7.69. The maximum atomic E-state index is 12.3. The van der Waals surface area contributed by atoms with Gasteiger partial charge in [-0.25, -0.2) is 9.69 Å². The predicted octanol–water partition coefficient (Wildman–Crippen LogP) is 3.41. The number of carbonyl (C=O) groups is 4. The van der Waals surface area contributed by atoms with Gasteiger partial charge in [-0.15, -0.1) is 11.3 Å². The Bertz CT molecular complexity index is 1070. The number of fused-ring (bicyclic) bond motifs is 1. The van der Waals surface area contributed by atoms with Crippen molar-refractivity contribution in [3.05, 3.63) is 87.6 Å². The topological polar surface area (TPSA) is 92.8 Å². The smallest absolute Gasteiger partial charge is 0.339 e. The Morgan fingerprint density at radius 2 is 1.55 bits per heavy atom. The lowest BCUT2D eigenvalue weighted by atomic mass is 10.1. The Kier molecular flexibility index (Phi) is 4.92. The molecule has 0 fully saturated rings. The number of thiophene rings is 1. The van der Waals surface area contributed by atoms with Crippen LogP contribution in [0.25, 0.3) is 0 Å². The summed E-state index contributed by atoms with van der Waals surface area (Å²) in [4.78, 5) is 50.3. The zero-order valence-corrected chi connectivity index (χ0v) is 15.8. The van der Waals surface area contributed by atoms with Gasteiger partial charge in [-0.1, -0.05) is 18.2 Å². The molecule has 0 spiro atoms. The van der Waals surface area contributed by atoms with E-state index in [0.717, 1.165) is 4.90 Å². The molecule has 8 heteroatoms. The summed E-state index contributed by atoms with van der Waals surface area (Å²) in [7, 11) is 0. The number of hydrogen-bond acceptors (Lipinski definition) is 6. The van der Waals surface area contributed by atoms with Crippen molar-refractivity contribution in [3.8, 4) is 0 Å². The second-order valence-corrected chi connectivity index (χ2v) is 7.10. The van der Waals surface area contributed by atoms with E-state index in [2.05, 4.69) is 5.32 Å². The van der Waals surface area contributed by atoms with Crippen molar-refractivity contribution in [2.24, 2.45) is 0 Å². The van der Waals surface area contributed by atoms with Gasteiger partial charge in [-0.05, 0) is 47.8 Å². The summed E-state index contributed by atoms with van der Waals surface area (Å²) in [6.45, 7) is -0.470. The van der Waals surface area contributed by atoms with E-state index in [4.69, 9.17) is 4.74 Å². The highest BCUT2D eigenvalue weighted by Crippen LogP contribution is 2.22. The Morgan fingerprint density at radius 1 is 0.897 bits per heavy atom. The lowest BCUT2D eigenvalue weighted by molar-refractivity contribution is 0.0228. The fraction of sp³-hybridized carbons (Fsp3) is 0.0476. The Hall–Kier alpha value is -3.78. The van der Waals surface area contributed by atoms with E-state index in [-0.39, 0.29) is 11.5 Å². The van der Waals surface area contributed by atoms with Crippen LogP contribution in [0.15, 0.2) is 66.0 Å². The molecular formula is C21H14N2O5S. The van der Waals surface area contributed by atoms with Crippen molar-refractivity contribution in [3.63, 3.8) is 0 Å². The second-order valence-electron chi connectivity index (χ2n) is 6.15. The van der Waals surface area contributed by atoms with Crippen LogP contribution in [-0.4, -0.2) is 35.3 Å². The fourth-order valence-corrected chi connectivity index (χ4v) is 3.47. The summed E-state index contributed by atoms with van der Waals surface area (Å²) in [5.41, 5.74) is 1.34. The van der Waals surface area contributed by atoms with Gasteiger partial charge in [0.25, 0.3) is 17.7 Å². The third kappa shape index (κ3) is 3.65. The van der Waals surface area contributed by atoms with E-state index in [1.807, 2.05) is 5.38 Å². The van der Waals surface area contributed by atoms with Gasteiger partial charge < -0.3 is 10.1 Å². The molecule has 4 rings (SSSR count). The molecule has 7 nitrogen and oxygen atoms in total. The van der Waals surface area contributed by atoms with E-state index in [0.29, 0.717) is 21.7 Å². The molecule has 2 heterocycles. The zero-order chi connectivity index (χ0) is 20.4. The SMILES string of the molecule is O=C(OCN1C(=O)c2ccccc2C1=O)c1ccc(NC(=O)c2cccs2)cc1. The minimum atomic E-state index is -0.683. The van der Waals surface area contributed by atoms with Crippen LogP contribution in [0.5, 0.6) is 0 Å². The van der Waals surface area contributed by atoms with Gasteiger partial charge in [0.2, 0.25) is 0 Å². The summed E-state index contributed by atoms with van der Waals surface area (Å²) in [6, 6.07) is 16.1. The number of hydrogen-bond donors (Lipinski definition) is 1. The number of anilines is 1. The van der Waals surface area contributed by atoms with Crippen LogP contribution in [-0.2, 0) is 4.74 Å². The molecule has 29 heavy (non-hydrogen) atoms. The lowest BCUT2D eigenvalue weighted by Gasteiger charge is -2.14. The lowest BCUT2D eigenvalue weighted by Crippen LogP contribution is -2.33. The summed E-state index contributed by atoms with van der Waals surface area (Å²) < 4.78 is 5.12. The first-order chi connectivity index (χ1) is 14.0. The number of ether oxygens (including phenoxy) is 1. The highest BCUT2D eigenvalue weighted by molar-refractivity contribution is 7.12. The van der Waals surface area contributed by atoms with E-state index < -0.39 is 24.5 Å². The molecular weight excluding hydrogens is 392 g/mol. The molecule has 0 radical (unpaired) electrons. The molecule has 1 aliphatic heterocycles. The minimum Gasteiger partial charge on any atom is -0.440 e. The fourth-order valence-electron chi connectivity index (χ4n) is 2.85. The minimum absolute atomic E-state index is 0.232. The summed E-state index contributed by atoms with van der Waals surface area (Å²) in [5.74, 6) is -1.91. The van der Waals surface area contributed by atoms with Crippen LogP contribution in [0, 0.1) is 0 Å². The van der Waals surface area contributed by atoms with E-state index in [1.165, 1.54) is 23.5 Å². The number of rotatable bonds is 5. The Labute approximate surface area is 169 Å². The Morgan fingerprint density at radius 3 is 2.14 bits per heavy atom.